The fourth-order valence-electron chi connectivity index (χ4n) is 2.58. The van der Waals surface area contributed by atoms with Crippen molar-refractivity contribution in [3.8, 4) is 0 Å². The minimum absolute atomic E-state index is 0.000797. The zero-order chi connectivity index (χ0) is 15.0. The number of hydrogen-bond donors (Lipinski definition) is 1. The van der Waals surface area contributed by atoms with E-state index in [1.165, 1.54) is 0 Å². The van der Waals surface area contributed by atoms with Gasteiger partial charge < -0.3 is 5.32 Å². The Bertz CT molecular complexity index is 679. The lowest BCUT2D eigenvalue weighted by atomic mass is 10.1. The average Bonchev–Trinajstić information content (AvgIpc) is 3.20. The topological polar surface area (TPSA) is 29.1 Å². The van der Waals surface area contributed by atoms with Crippen LogP contribution in [0.25, 0.3) is 0 Å². The first-order chi connectivity index (χ1) is 10.0. The van der Waals surface area contributed by atoms with Gasteiger partial charge in [0.25, 0.3) is 0 Å². The average molecular weight is 320 g/mol. The minimum atomic E-state index is -0.000797. The Morgan fingerprint density at radius 3 is 2.48 bits per heavy atom. The lowest BCUT2D eigenvalue weighted by Gasteiger charge is -2.08. The zero-order valence-electron chi connectivity index (χ0n) is 11.6. The summed E-state index contributed by atoms with van der Waals surface area (Å²) in [6.45, 7) is 1.98. The summed E-state index contributed by atoms with van der Waals surface area (Å²) < 4.78 is 0. The maximum atomic E-state index is 12.3. The van der Waals surface area contributed by atoms with E-state index in [9.17, 15) is 4.79 Å². The van der Waals surface area contributed by atoms with Crippen LogP contribution in [-0.4, -0.2) is 5.91 Å². The fourth-order valence-corrected chi connectivity index (χ4v) is 3.12. The molecule has 0 bridgehead atoms. The predicted octanol–water partition coefficient (Wildman–Crippen LogP) is 5.04. The number of carbonyl (C=O) groups is 1. The van der Waals surface area contributed by atoms with Gasteiger partial charge in [-0.05, 0) is 54.7 Å². The number of benzene rings is 2. The van der Waals surface area contributed by atoms with Gasteiger partial charge in [0.1, 0.15) is 0 Å². The van der Waals surface area contributed by atoms with E-state index in [1.54, 1.807) is 6.07 Å². The molecule has 2 nitrogen and oxygen atoms in total. The molecule has 2 atom stereocenters. The quantitative estimate of drug-likeness (QED) is 0.843. The Kier molecular flexibility index (Phi) is 3.92. The van der Waals surface area contributed by atoms with E-state index in [1.807, 2.05) is 43.3 Å². The van der Waals surface area contributed by atoms with Crippen molar-refractivity contribution in [1.29, 1.82) is 0 Å². The highest BCUT2D eigenvalue weighted by Crippen LogP contribution is 2.49. The highest BCUT2D eigenvalue weighted by molar-refractivity contribution is 6.34. The summed E-state index contributed by atoms with van der Waals surface area (Å²) in [5.41, 5.74) is 2.98. The summed E-state index contributed by atoms with van der Waals surface area (Å²) in [7, 11) is 0. The van der Waals surface area contributed by atoms with Gasteiger partial charge in [-0.1, -0.05) is 41.4 Å². The van der Waals surface area contributed by atoms with E-state index in [0.29, 0.717) is 10.0 Å². The normalized spacial score (nSPS) is 20.1. The zero-order valence-corrected chi connectivity index (χ0v) is 13.1. The van der Waals surface area contributed by atoms with E-state index < -0.39 is 0 Å². The summed E-state index contributed by atoms with van der Waals surface area (Å²) in [5.74, 6) is 0.273. The molecular weight excluding hydrogens is 305 g/mol. The molecule has 0 aromatic heterocycles. The molecule has 0 radical (unpaired) electrons. The molecule has 1 saturated carbocycles. The van der Waals surface area contributed by atoms with Crippen molar-refractivity contribution in [2.75, 3.05) is 5.32 Å². The summed E-state index contributed by atoms with van der Waals surface area (Å²) in [6.07, 6.45) is 0.842. The Morgan fingerprint density at radius 1 is 1.14 bits per heavy atom. The second-order valence-corrected chi connectivity index (χ2v) is 6.33. The standard InChI is InChI=1S/C17H15Cl2NO/c1-10-4-2-3-5-16(10)20-17(21)15-9-14(15)11-6-12(18)8-13(19)7-11/h2-8,14-15H,9H2,1H3,(H,20,21)/t14-,15-/m0/s1. The Labute approximate surface area is 134 Å². The number of hydrogen-bond acceptors (Lipinski definition) is 1. The molecule has 4 heteroatoms. The maximum Gasteiger partial charge on any atom is 0.228 e. The Hall–Kier alpha value is -1.51. The third-order valence-corrected chi connectivity index (χ3v) is 4.28. The van der Waals surface area contributed by atoms with Crippen LogP contribution in [0.5, 0.6) is 0 Å². The van der Waals surface area contributed by atoms with Crippen LogP contribution in [0.3, 0.4) is 0 Å². The molecule has 21 heavy (non-hydrogen) atoms. The summed E-state index contributed by atoms with van der Waals surface area (Å²) in [5, 5.41) is 4.22. The van der Waals surface area contributed by atoms with Gasteiger partial charge >= 0.3 is 0 Å². The number of halogens is 2. The minimum Gasteiger partial charge on any atom is -0.326 e. The second kappa shape index (κ2) is 5.70. The molecule has 2 aromatic rings. The monoisotopic (exact) mass is 319 g/mol. The van der Waals surface area contributed by atoms with E-state index >= 15 is 0 Å². The van der Waals surface area contributed by atoms with Crippen molar-refractivity contribution in [2.24, 2.45) is 5.92 Å². The second-order valence-electron chi connectivity index (χ2n) is 5.46. The Morgan fingerprint density at radius 2 is 1.81 bits per heavy atom. The molecule has 0 saturated heterocycles. The van der Waals surface area contributed by atoms with Crippen molar-refractivity contribution < 1.29 is 4.79 Å². The molecule has 3 rings (SSSR count). The molecule has 1 N–H and O–H groups in total. The van der Waals surface area contributed by atoms with Crippen molar-refractivity contribution in [2.45, 2.75) is 19.3 Å². The van der Waals surface area contributed by atoms with E-state index in [-0.39, 0.29) is 17.7 Å². The van der Waals surface area contributed by atoms with Gasteiger partial charge in [-0.2, -0.15) is 0 Å². The van der Waals surface area contributed by atoms with Crippen LogP contribution in [0.2, 0.25) is 10.0 Å². The third-order valence-electron chi connectivity index (χ3n) is 3.84. The maximum absolute atomic E-state index is 12.3. The van der Waals surface area contributed by atoms with Crippen LogP contribution in [-0.2, 0) is 4.79 Å². The van der Waals surface area contributed by atoms with Crippen LogP contribution in [0.1, 0.15) is 23.5 Å². The van der Waals surface area contributed by atoms with Crippen LogP contribution in [0, 0.1) is 12.8 Å². The number of rotatable bonds is 3. The number of carbonyl (C=O) groups excluding carboxylic acids is 1. The molecule has 0 unspecified atom stereocenters. The van der Waals surface area contributed by atoms with Crippen LogP contribution in [0.15, 0.2) is 42.5 Å². The van der Waals surface area contributed by atoms with Gasteiger partial charge in [-0.15, -0.1) is 0 Å². The highest BCUT2D eigenvalue weighted by Gasteiger charge is 2.44. The van der Waals surface area contributed by atoms with E-state index in [4.69, 9.17) is 23.2 Å². The molecular formula is C17H15Cl2NO. The number of nitrogens with one attached hydrogen (secondary N) is 1. The number of anilines is 1. The lowest BCUT2D eigenvalue weighted by molar-refractivity contribution is -0.117. The first kappa shape index (κ1) is 14.4. The molecule has 2 aromatic carbocycles. The largest absolute Gasteiger partial charge is 0.326 e. The molecule has 0 aliphatic heterocycles. The third kappa shape index (κ3) is 3.22. The molecule has 1 aliphatic rings. The molecule has 0 spiro atoms. The van der Waals surface area contributed by atoms with Gasteiger partial charge in [-0.25, -0.2) is 0 Å². The Balaban J connectivity index is 1.70. The van der Waals surface area contributed by atoms with Gasteiger partial charge in [0.05, 0.1) is 0 Å². The van der Waals surface area contributed by atoms with Crippen LogP contribution >= 0.6 is 23.2 Å². The fraction of sp³-hybridized carbons (Fsp3) is 0.235. The smallest absolute Gasteiger partial charge is 0.228 e. The lowest BCUT2D eigenvalue weighted by Crippen LogP contribution is -2.15. The van der Waals surface area contributed by atoms with Crippen molar-refractivity contribution >= 4 is 34.8 Å². The summed E-state index contributed by atoms with van der Waals surface area (Å²) in [4.78, 5) is 12.3. The van der Waals surface area contributed by atoms with E-state index in [2.05, 4.69) is 5.32 Å². The summed E-state index contributed by atoms with van der Waals surface area (Å²) in [6, 6.07) is 13.3. The molecule has 1 fully saturated rings. The molecule has 108 valence electrons. The SMILES string of the molecule is Cc1ccccc1NC(=O)[C@H]1C[C@H]1c1cc(Cl)cc(Cl)c1. The number of aryl methyl sites for hydroxylation is 1. The first-order valence-electron chi connectivity index (χ1n) is 6.87. The van der Waals surface area contributed by atoms with Crippen molar-refractivity contribution in [3.05, 3.63) is 63.6 Å². The first-order valence-corrected chi connectivity index (χ1v) is 7.62. The highest BCUT2D eigenvalue weighted by atomic mass is 35.5. The van der Waals surface area contributed by atoms with Crippen molar-refractivity contribution in [1.82, 2.24) is 0 Å². The molecule has 0 heterocycles. The summed E-state index contributed by atoms with van der Waals surface area (Å²) >= 11 is 12.0. The van der Waals surface area contributed by atoms with E-state index in [0.717, 1.165) is 23.2 Å². The molecule has 1 amide bonds. The van der Waals surface area contributed by atoms with Crippen LogP contribution in [0.4, 0.5) is 5.69 Å². The van der Waals surface area contributed by atoms with Crippen molar-refractivity contribution in [3.63, 3.8) is 0 Å². The van der Waals surface area contributed by atoms with Gasteiger partial charge in [-0.3, -0.25) is 4.79 Å². The van der Waals surface area contributed by atoms with Gasteiger partial charge in [0.2, 0.25) is 5.91 Å². The van der Waals surface area contributed by atoms with Gasteiger partial charge in [0.15, 0.2) is 0 Å². The molecule has 1 aliphatic carbocycles. The van der Waals surface area contributed by atoms with Crippen LogP contribution < -0.4 is 5.32 Å². The number of amides is 1. The van der Waals surface area contributed by atoms with Gasteiger partial charge in [0, 0.05) is 21.7 Å². The number of para-hydroxylation sites is 1. The predicted molar refractivity (Wildman–Crippen MR) is 87.1 cm³/mol.